The van der Waals surface area contributed by atoms with Gasteiger partial charge in [0.15, 0.2) is 0 Å². The van der Waals surface area contributed by atoms with Crippen LogP contribution in [-0.2, 0) is 5.41 Å². The van der Waals surface area contributed by atoms with Gasteiger partial charge >= 0.3 is 5.69 Å². The molecule has 1 aromatic heterocycles. The van der Waals surface area contributed by atoms with Crippen LogP contribution in [0.5, 0.6) is 0 Å². The highest BCUT2D eigenvalue weighted by Gasteiger charge is 2.36. The van der Waals surface area contributed by atoms with Crippen molar-refractivity contribution in [1.29, 1.82) is 0 Å². The van der Waals surface area contributed by atoms with Crippen LogP contribution < -0.4 is 11.1 Å². The molecule has 0 saturated carbocycles. The van der Waals surface area contributed by atoms with Crippen LogP contribution in [0, 0.1) is 10.1 Å². The fourth-order valence-electron chi connectivity index (χ4n) is 3.03. The predicted octanol–water partition coefficient (Wildman–Crippen LogP) is 2.80. The van der Waals surface area contributed by atoms with Crippen molar-refractivity contribution in [3.63, 3.8) is 0 Å². The number of nitrogens with zero attached hydrogens (tertiary/aromatic N) is 3. The highest BCUT2D eigenvalue weighted by atomic mass is 16.6. The van der Waals surface area contributed by atoms with Crippen LogP contribution in [0.2, 0.25) is 0 Å². The molecule has 3 rings (SSSR count). The first-order chi connectivity index (χ1) is 10.4. The van der Waals surface area contributed by atoms with E-state index < -0.39 is 4.92 Å². The quantitative estimate of drug-likeness (QED) is 0.666. The predicted molar refractivity (Wildman–Crippen MR) is 83.5 cm³/mol. The summed E-state index contributed by atoms with van der Waals surface area (Å²) in [4.78, 5) is 18.2. The Labute approximate surface area is 127 Å². The van der Waals surface area contributed by atoms with Gasteiger partial charge in [-0.05, 0) is 23.0 Å². The van der Waals surface area contributed by atoms with Gasteiger partial charge in [-0.15, -0.1) is 0 Å². The fourth-order valence-corrected chi connectivity index (χ4v) is 3.03. The summed E-state index contributed by atoms with van der Waals surface area (Å²) in [5.74, 6) is 0.175. The molecule has 0 fully saturated rings. The molecule has 0 amide bonds. The van der Waals surface area contributed by atoms with Crippen molar-refractivity contribution in [2.45, 2.75) is 31.7 Å². The van der Waals surface area contributed by atoms with Crippen molar-refractivity contribution in [2.75, 3.05) is 11.1 Å². The molecule has 7 nitrogen and oxygen atoms in total. The van der Waals surface area contributed by atoms with E-state index in [1.54, 1.807) is 0 Å². The smallest absolute Gasteiger partial charge is 0.329 e. The third-order valence-electron chi connectivity index (χ3n) is 4.08. The lowest BCUT2D eigenvalue weighted by Gasteiger charge is -2.19. The van der Waals surface area contributed by atoms with E-state index in [2.05, 4.69) is 41.3 Å². The molecule has 0 saturated heterocycles. The maximum atomic E-state index is 10.8. The summed E-state index contributed by atoms with van der Waals surface area (Å²) in [5, 5.41) is 14.0. The van der Waals surface area contributed by atoms with Crippen molar-refractivity contribution in [3.05, 3.63) is 51.7 Å². The number of hydrogen-bond donors (Lipinski definition) is 2. The Hall–Kier alpha value is -2.70. The van der Waals surface area contributed by atoms with Crippen molar-refractivity contribution >= 4 is 17.5 Å². The van der Waals surface area contributed by atoms with Crippen LogP contribution in [0.3, 0.4) is 0 Å². The van der Waals surface area contributed by atoms with Gasteiger partial charge in [0, 0.05) is 0 Å². The lowest BCUT2D eigenvalue weighted by Crippen LogP contribution is -2.15. The SMILES string of the molecule is CC1(C)CC(Nc2ncc([N+](=O)[O-])c(N)n2)c2ccccc21. The van der Waals surface area contributed by atoms with Gasteiger partial charge in [0.2, 0.25) is 11.8 Å². The lowest BCUT2D eigenvalue weighted by atomic mass is 9.86. The molecule has 1 aromatic carbocycles. The highest BCUT2D eigenvalue weighted by molar-refractivity contribution is 5.54. The Balaban J connectivity index is 1.89. The third kappa shape index (κ3) is 2.34. The van der Waals surface area contributed by atoms with E-state index in [0.717, 1.165) is 12.6 Å². The number of benzene rings is 1. The van der Waals surface area contributed by atoms with E-state index in [0.29, 0.717) is 5.95 Å². The Bertz CT molecular complexity index is 744. The normalized spacial score (nSPS) is 18.7. The molecular formula is C15H17N5O2. The number of anilines is 2. The van der Waals surface area contributed by atoms with E-state index in [1.807, 2.05) is 12.1 Å². The first-order valence-electron chi connectivity index (χ1n) is 7.01. The van der Waals surface area contributed by atoms with Gasteiger partial charge in [-0.2, -0.15) is 4.98 Å². The summed E-state index contributed by atoms with van der Waals surface area (Å²) in [5.41, 5.74) is 7.88. The molecule has 7 heteroatoms. The fraction of sp³-hybridized carbons (Fsp3) is 0.333. The van der Waals surface area contributed by atoms with Gasteiger partial charge in [-0.3, -0.25) is 10.1 Å². The number of nitrogen functional groups attached to an aromatic ring is 1. The molecule has 3 N–H and O–H groups in total. The molecule has 1 atom stereocenters. The van der Waals surface area contributed by atoms with Crippen LogP contribution in [0.1, 0.15) is 37.4 Å². The zero-order valence-electron chi connectivity index (χ0n) is 12.4. The second-order valence-corrected chi connectivity index (χ2v) is 6.09. The van der Waals surface area contributed by atoms with Crippen molar-refractivity contribution in [3.8, 4) is 0 Å². The molecule has 0 aliphatic heterocycles. The van der Waals surface area contributed by atoms with Crippen molar-refractivity contribution < 1.29 is 4.92 Å². The number of nitrogens with one attached hydrogen (secondary N) is 1. The van der Waals surface area contributed by atoms with E-state index in [9.17, 15) is 10.1 Å². The second-order valence-electron chi connectivity index (χ2n) is 6.09. The summed E-state index contributed by atoms with van der Waals surface area (Å²) in [7, 11) is 0. The molecule has 0 bridgehead atoms. The first kappa shape index (κ1) is 14.2. The molecule has 2 aromatic rings. The maximum absolute atomic E-state index is 10.8. The number of hydrogen-bond acceptors (Lipinski definition) is 6. The van der Waals surface area contributed by atoms with Crippen LogP contribution in [0.15, 0.2) is 30.5 Å². The summed E-state index contributed by atoms with van der Waals surface area (Å²) in [6, 6.07) is 8.30. The van der Waals surface area contributed by atoms with Crippen LogP contribution in [-0.4, -0.2) is 14.9 Å². The van der Waals surface area contributed by atoms with Gasteiger partial charge in [0.05, 0.1) is 11.0 Å². The van der Waals surface area contributed by atoms with E-state index in [-0.39, 0.29) is 23.0 Å². The minimum atomic E-state index is -0.590. The van der Waals surface area contributed by atoms with Gasteiger partial charge < -0.3 is 11.1 Å². The molecule has 0 radical (unpaired) electrons. The average Bonchev–Trinajstić information content (AvgIpc) is 2.70. The monoisotopic (exact) mass is 299 g/mol. The van der Waals surface area contributed by atoms with Crippen molar-refractivity contribution in [2.24, 2.45) is 0 Å². The number of nitro groups is 1. The largest absolute Gasteiger partial charge is 0.378 e. The standard InChI is InChI=1S/C15H17N5O2/c1-15(2)7-11(9-5-3-4-6-10(9)15)18-14-17-8-12(20(21)22)13(16)19-14/h3-6,8,11H,7H2,1-2H3,(H3,16,17,18,19). The molecule has 22 heavy (non-hydrogen) atoms. The van der Waals surface area contributed by atoms with Crippen molar-refractivity contribution in [1.82, 2.24) is 9.97 Å². The molecule has 1 aliphatic carbocycles. The van der Waals surface area contributed by atoms with E-state index in [4.69, 9.17) is 5.73 Å². The minimum Gasteiger partial charge on any atom is -0.378 e. The Morgan fingerprint density at radius 3 is 2.82 bits per heavy atom. The first-order valence-corrected chi connectivity index (χ1v) is 7.01. The number of fused-ring (bicyclic) bond motifs is 1. The highest BCUT2D eigenvalue weighted by Crippen LogP contribution is 2.45. The lowest BCUT2D eigenvalue weighted by molar-refractivity contribution is -0.384. The Kier molecular flexibility index (Phi) is 3.20. The zero-order chi connectivity index (χ0) is 15.9. The van der Waals surface area contributed by atoms with Crippen LogP contribution in [0.25, 0.3) is 0 Å². The van der Waals surface area contributed by atoms with E-state index in [1.165, 1.54) is 11.1 Å². The average molecular weight is 299 g/mol. The molecule has 0 spiro atoms. The van der Waals surface area contributed by atoms with Gasteiger partial charge in [0.1, 0.15) is 6.20 Å². The Morgan fingerprint density at radius 2 is 2.14 bits per heavy atom. The number of nitrogens with two attached hydrogens (primary N) is 1. The summed E-state index contributed by atoms with van der Waals surface area (Å²) < 4.78 is 0. The van der Waals surface area contributed by atoms with Gasteiger partial charge in [0.25, 0.3) is 0 Å². The van der Waals surface area contributed by atoms with Crippen LogP contribution >= 0.6 is 0 Å². The van der Waals surface area contributed by atoms with E-state index >= 15 is 0 Å². The summed E-state index contributed by atoms with van der Waals surface area (Å²) in [6.07, 6.45) is 2.03. The second kappa shape index (κ2) is 4.94. The molecule has 1 unspecified atom stereocenters. The topological polar surface area (TPSA) is 107 Å². The maximum Gasteiger partial charge on any atom is 0.329 e. The number of rotatable bonds is 3. The van der Waals surface area contributed by atoms with Gasteiger partial charge in [-0.1, -0.05) is 38.1 Å². The van der Waals surface area contributed by atoms with Crippen LogP contribution in [0.4, 0.5) is 17.5 Å². The third-order valence-corrected chi connectivity index (χ3v) is 4.08. The summed E-state index contributed by atoms with van der Waals surface area (Å²) >= 11 is 0. The number of aromatic nitrogens is 2. The molecule has 1 heterocycles. The molecule has 114 valence electrons. The molecule has 1 aliphatic rings. The van der Waals surface area contributed by atoms with Gasteiger partial charge in [-0.25, -0.2) is 4.98 Å². The minimum absolute atomic E-state index is 0.0561. The zero-order valence-corrected chi connectivity index (χ0v) is 12.4. The molecular weight excluding hydrogens is 282 g/mol. The Morgan fingerprint density at radius 1 is 1.41 bits per heavy atom. The summed E-state index contributed by atoms with van der Waals surface area (Å²) in [6.45, 7) is 4.39.